The van der Waals surface area contributed by atoms with Crippen molar-refractivity contribution < 1.29 is 4.74 Å². The van der Waals surface area contributed by atoms with Gasteiger partial charge in [0, 0.05) is 6.54 Å². The van der Waals surface area contributed by atoms with Crippen LogP contribution < -0.4 is 5.32 Å². The fraction of sp³-hybridized carbons (Fsp3) is 0.538. The van der Waals surface area contributed by atoms with E-state index in [0.717, 1.165) is 26.3 Å². The first-order valence-corrected chi connectivity index (χ1v) is 5.67. The van der Waals surface area contributed by atoms with E-state index in [9.17, 15) is 0 Å². The molecule has 0 amide bonds. The molecule has 1 N–H and O–H groups in total. The summed E-state index contributed by atoms with van der Waals surface area (Å²) in [5.74, 6) is 0. The zero-order valence-electron chi connectivity index (χ0n) is 9.75. The predicted molar refractivity (Wildman–Crippen MR) is 64.0 cm³/mol. The fourth-order valence-corrected chi connectivity index (χ4v) is 1.40. The van der Waals surface area contributed by atoms with Gasteiger partial charge in [-0.3, -0.25) is 0 Å². The molecule has 0 unspecified atom stereocenters. The first-order valence-electron chi connectivity index (χ1n) is 5.67. The zero-order chi connectivity index (χ0) is 10.9. The minimum absolute atomic E-state index is 0.723. The van der Waals surface area contributed by atoms with Crippen molar-refractivity contribution in [1.29, 1.82) is 0 Å². The molecule has 15 heavy (non-hydrogen) atoms. The van der Waals surface area contributed by atoms with Gasteiger partial charge in [-0.15, -0.1) is 0 Å². The number of hydrogen-bond donors (Lipinski definition) is 1. The van der Waals surface area contributed by atoms with Crippen molar-refractivity contribution in [2.75, 3.05) is 19.7 Å². The van der Waals surface area contributed by atoms with Crippen molar-refractivity contribution in [2.45, 2.75) is 26.9 Å². The zero-order valence-corrected chi connectivity index (χ0v) is 9.75. The second-order valence-electron chi connectivity index (χ2n) is 3.73. The van der Waals surface area contributed by atoms with Gasteiger partial charge >= 0.3 is 0 Å². The van der Waals surface area contributed by atoms with E-state index in [-0.39, 0.29) is 0 Å². The molecule has 1 aromatic rings. The van der Waals surface area contributed by atoms with Crippen molar-refractivity contribution in [3.05, 3.63) is 35.4 Å². The van der Waals surface area contributed by atoms with E-state index in [0.29, 0.717) is 0 Å². The minimum Gasteiger partial charge on any atom is -0.375 e. The van der Waals surface area contributed by atoms with Crippen LogP contribution in [-0.2, 0) is 11.3 Å². The number of aryl methyl sites for hydroxylation is 1. The van der Waals surface area contributed by atoms with Crippen molar-refractivity contribution in [2.24, 2.45) is 0 Å². The van der Waals surface area contributed by atoms with Crippen molar-refractivity contribution in [3.63, 3.8) is 0 Å². The fourth-order valence-electron chi connectivity index (χ4n) is 1.40. The second-order valence-corrected chi connectivity index (χ2v) is 3.73. The van der Waals surface area contributed by atoms with Crippen LogP contribution in [0.25, 0.3) is 0 Å². The summed E-state index contributed by atoms with van der Waals surface area (Å²) in [5, 5.41) is 3.31. The van der Waals surface area contributed by atoms with Gasteiger partial charge in [0.2, 0.25) is 0 Å². The first kappa shape index (κ1) is 12.2. The molecule has 0 fully saturated rings. The van der Waals surface area contributed by atoms with Gasteiger partial charge in [-0.25, -0.2) is 0 Å². The Hall–Kier alpha value is -0.860. The Kier molecular flexibility index (Phi) is 6.05. The molecule has 0 aliphatic rings. The number of ether oxygens (including phenoxy) is 1. The summed E-state index contributed by atoms with van der Waals surface area (Å²) in [6.45, 7) is 7.82. The highest BCUT2D eigenvalue weighted by Gasteiger charge is 1.96. The molecule has 0 spiro atoms. The molecule has 1 aromatic carbocycles. The lowest BCUT2D eigenvalue weighted by Crippen LogP contribution is -2.20. The summed E-state index contributed by atoms with van der Waals surface area (Å²) >= 11 is 0. The first-order chi connectivity index (χ1) is 7.34. The maximum atomic E-state index is 5.58. The number of hydrogen-bond acceptors (Lipinski definition) is 2. The van der Waals surface area contributed by atoms with E-state index >= 15 is 0 Å². The van der Waals surface area contributed by atoms with Gasteiger partial charge in [0.1, 0.15) is 0 Å². The molecule has 0 atom stereocenters. The van der Waals surface area contributed by atoms with Crippen LogP contribution in [0.2, 0.25) is 0 Å². The molecule has 0 aromatic heterocycles. The van der Waals surface area contributed by atoms with E-state index < -0.39 is 0 Å². The van der Waals surface area contributed by atoms with Crippen molar-refractivity contribution in [1.82, 2.24) is 5.32 Å². The molecule has 0 heterocycles. The highest BCUT2D eigenvalue weighted by Crippen LogP contribution is 2.07. The molecule has 0 bridgehead atoms. The van der Waals surface area contributed by atoms with Crippen LogP contribution in [0.3, 0.4) is 0 Å². The highest BCUT2D eigenvalue weighted by atomic mass is 16.5. The molecule has 0 saturated heterocycles. The van der Waals surface area contributed by atoms with E-state index in [1.807, 2.05) is 0 Å². The quantitative estimate of drug-likeness (QED) is 0.694. The molecule has 0 aliphatic carbocycles. The molecule has 0 aliphatic heterocycles. The Bertz CT molecular complexity index is 273. The Morgan fingerprint density at radius 3 is 2.73 bits per heavy atom. The molecule has 0 radical (unpaired) electrons. The third-order valence-corrected chi connectivity index (χ3v) is 2.37. The number of benzene rings is 1. The third kappa shape index (κ3) is 4.96. The summed E-state index contributed by atoms with van der Waals surface area (Å²) in [6, 6.07) is 8.35. The van der Waals surface area contributed by atoms with Crippen molar-refractivity contribution in [3.8, 4) is 0 Å². The maximum Gasteiger partial charge on any atom is 0.0720 e. The van der Waals surface area contributed by atoms with Crippen LogP contribution in [0.4, 0.5) is 0 Å². The molecule has 2 nitrogen and oxygen atoms in total. The Labute approximate surface area is 92.6 Å². The number of nitrogens with one attached hydrogen (secondary N) is 1. The molecule has 2 heteroatoms. The lowest BCUT2D eigenvalue weighted by atomic mass is 10.1. The average molecular weight is 207 g/mol. The Balaban J connectivity index is 2.12. The minimum atomic E-state index is 0.723. The summed E-state index contributed by atoms with van der Waals surface area (Å²) in [6.07, 6.45) is 1.18. The van der Waals surface area contributed by atoms with Crippen LogP contribution >= 0.6 is 0 Å². The van der Waals surface area contributed by atoms with Crippen LogP contribution in [0, 0.1) is 6.92 Å². The average Bonchev–Trinajstić information content (AvgIpc) is 2.25. The van der Waals surface area contributed by atoms with Gasteiger partial charge in [0.15, 0.2) is 0 Å². The van der Waals surface area contributed by atoms with E-state index in [2.05, 4.69) is 43.4 Å². The van der Waals surface area contributed by atoms with Gasteiger partial charge in [0.05, 0.1) is 13.2 Å². The second kappa shape index (κ2) is 7.43. The third-order valence-electron chi connectivity index (χ3n) is 2.37. The van der Waals surface area contributed by atoms with Gasteiger partial charge in [0.25, 0.3) is 0 Å². The van der Waals surface area contributed by atoms with Gasteiger partial charge in [-0.1, -0.05) is 31.2 Å². The Morgan fingerprint density at radius 1 is 1.20 bits per heavy atom. The molecule has 84 valence electrons. The number of rotatable bonds is 7. The lowest BCUT2D eigenvalue weighted by Gasteiger charge is -2.07. The lowest BCUT2D eigenvalue weighted by molar-refractivity contribution is 0.122. The molecular formula is C13H21NO. The van der Waals surface area contributed by atoms with Crippen LogP contribution in [0.15, 0.2) is 24.3 Å². The van der Waals surface area contributed by atoms with Gasteiger partial charge in [-0.05, 0) is 31.0 Å². The predicted octanol–water partition coefficient (Wildman–Crippen LogP) is 2.51. The summed E-state index contributed by atoms with van der Waals surface area (Å²) in [5.41, 5.74) is 2.59. The van der Waals surface area contributed by atoms with E-state index in [4.69, 9.17) is 4.74 Å². The monoisotopic (exact) mass is 207 g/mol. The normalized spacial score (nSPS) is 10.5. The molecule has 0 saturated carbocycles. The molecule has 1 rings (SSSR count). The van der Waals surface area contributed by atoms with Gasteiger partial charge in [-0.2, -0.15) is 0 Å². The SMILES string of the molecule is CCCNCCOCc1ccccc1C. The van der Waals surface area contributed by atoms with Crippen LogP contribution in [0.1, 0.15) is 24.5 Å². The summed E-state index contributed by atoms with van der Waals surface area (Å²) in [4.78, 5) is 0. The van der Waals surface area contributed by atoms with Gasteiger partial charge < -0.3 is 10.1 Å². The molecular weight excluding hydrogens is 186 g/mol. The summed E-state index contributed by atoms with van der Waals surface area (Å²) in [7, 11) is 0. The maximum absolute atomic E-state index is 5.58. The standard InChI is InChI=1S/C13H21NO/c1-3-8-14-9-10-15-11-13-7-5-4-6-12(13)2/h4-7,14H,3,8-11H2,1-2H3. The van der Waals surface area contributed by atoms with E-state index in [1.54, 1.807) is 0 Å². The smallest absolute Gasteiger partial charge is 0.0720 e. The Morgan fingerprint density at radius 2 is 2.00 bits per heavy atom. The van der Waals surface area contributed by atoms with Crippen LogP contribution in [0.5, 0.6) is 0 Å². The van der Waals surface area contributed by atoms with E-state index in [1.165, 1.54) is 17.5 Å². The van der Waals surface area contributed by atoms with Crippen LogP contribution in [-0.4, -0.2) is 19.7 Å². The summed E-state index contributed by atoms with van der Waals surface area (Å²) < 4.78 is 5.58. The topological polar surface area (TPSA) is 21.3 Å². The largest absolute Gasteiger partial charge is 0.375 e. The highest BCUT2D eigenvalue weighted by molar-refractivity contribution is 5.24. The van der Waals surface area contributed by atoms with Crippen molar-refractivity contribution >= 4 is 0 Å².